The van der Waals surface area contributed by atoms with Gasteiger partial charge in [-0.1, -0.05) is 12.1 Å². The zero-order valence-corrected chi connectivity index (χ0v) is 14.4. The van der Waals surface area contributed by atoms with Crippen LogP contribution < -0.4 is 0 Å². The molecule has 1 amide bonds. The van der Waals surface area contributed by atoms with Crippen LogP contribution in [0.3, 0.4) is 0 Å². The fourth-order valence-corrected chi connectivity index (χ4v) is 3.09. The normalized spacial score (nSPS) is 21.5. The molecule has 1 saturated heterocycles. The van der Waals surface area contributed by atoms with E-state index in [1.54, 1.807) is 15.8 Å². The number of nitrogens with zero attached hydrogens (tertiary/aromatic N) is 5. The molecule has 2 aromatic rings. The monoisotopic (exact) mass is 332 g/mol. The van der Waals surface area contributed by atoms with Crippen LogP contribution in [0.5, 0.6) is 0 Å². The third kappa shape index (κ3) is 2.93. The highest BCUT2D eigenvalue weighted by molar-refractivity contribution is 5.93. The van der Waals surface area contributed by atoms with Gasteiger partial charge in [0.15, 0.2) is 0 Å². The fourth-order valence-electron chi connectivity index (χ4n) is 3.09. The molecule has 1 aliphatic heterocycles. The van der Waals surface area contributed by atoms with E-state index >= 15 is 0 Å². The van der Waals surface area contributed by atoms with E-state index in [0.717, 1.165) is 5.69 Å². The first-order valence-corrected chi connectivity index (χ1v) is 8.41. The van der Waals surface area contributed by atoms with Crippen LogP contribution >= 0.6 is 0 Å². The molecule has 8 heteroatoms. The summed E-state index contributed by atoms with van der Waals surface area (Å²) in [5.41, 5.74) is 0.614. The Kier molecular flexibility index (Phi) is 4.40. The molecule has 130 valence electrons. The highest BCUT2D eigenvalue weighted by atomic mass is 16.3. The van der Waals surface area contributed by atoms with E-state index in [0.29, 0.717) is 37.2 Å². The molecule has 24 heavy (non-hydrogen) atoms. The highest BCUT2D eigenvalue weighted by Gasteiger charge is 2.40. The van der Waals surface area contributed by atoms with Gasteiger partial charge in [-0.3, -0.25) is 4.79 Å². The number of piperidine rings is 1. The number of β-amino-alcohol motifs (C(OH)–C–C–N with tert-alkyl or cyclic N) is 1. The second kappa shape index (κ2) is 6.35. The molecule has 0 saturated carbocycles. The second-order valence-electron chi connectivity index (χ2n) is 6.62. The number of likely N-dealkylation sites (tertiary alicyclic amines) is 1. The van der Waals surface area contributed by atoms with E-state index < -0.39 is 5.60 Å². The van der Waals surface area contributed by atoms with Gasteiger partial charge in [-0.15, -0.1) is 5.10 Å². The van der Waals surface area contributed by atoms with Crippen molar-refractivity contribution < 1.29 is 9.90 Å². The lowest BCUT2D eigenvalue weighted by Gasteiger charge is -2.37. The van der Waals surface area contributed by atoms with Crippen molar-refractivity contribution in [1.29, 1.82) is 0 Å². The number of nitrogens with one attached hydrogen (secondary N) is 1. The minimum absolute atomic E-state index is 0.150. The maximum Gasteiger partial charge on any atom is 0.274 e. The lowest BCUT2D eigenvalue weighted by Crippen LogP contribution is -2.49. The van der Waals surface area contributed by atoms with Crippen LogP contribution in [0.4, 0.5) is 0 Å². The molecule has 3 rings (SSSR count). The number of carbonyl (C=O) groups excluding carboxylic acids is 1. The summed E-state index contributed by atoms with van der Waals surface area (Å²) in [5.74, 6) is -0.150. The van der Waals surface area contributed by atoms with E-state index in [1.807, 2.05) is 20.8 Å². The topological polar surface area (TPSA) is 99.9 Å². The standard InChI is InChI=1S/C16H24N6O2/c1-4-12-14(18-10-17-12)15(23)21-7-5-6-16(24,9-21)13-8-22(11(2)3)20-19-13/h8,10-11,24H,4-7,9H2,1-3H3,(H,17,18). The minimum atomic E-state index is -1.16. The molecule has 1 unspecified atom stereocenters. The fraction of sp³-hybridized carbons (Fsp3) is 0.625. The van der Waals surface area contributed by atoms with Gasteiger partial charge in [-0.05, 0) is 33.1 Å². The molecule has 0 spiro atoms. The third-order valence-electron chi connectivity index (χ3n) is 4.55. The van der Waals surface area contributed by atoms with E-state index in [-0.39, 0.29) is 18.5 Å². The maximum absolute atomic E-state index is 12.8. The lowest BCUT2D eigenvalue weighted by molar-refractivity contribution is -0.0322. The molecule has 8 nitrogen and oxygen atoms in total. The lowest BCUT2D eigenvalue weighted by atomic mass is 9.89. The summed E-state index contributed by atoms with van der Waals surface area (Å²) in [6.07, 6.45) is 5.29. The average molecular weight is 332 g/mol. The number of carbonyl (C=O) groups is 1. The van der Waals surface area contributed by atoms with E-state index in [2.05, 4.69) is 20.3 Å². The number of hydrogen-bond acceptors (Lipinski definition) is 5. The molecule has 0 radical (unpaired) electrons. The van der Waals surface area contributed by atoms with Crippen molar-refractivity contribution in [3.8, 4) is 0 Å². The molecule has 3 heterocycles. The Morgan fingerprint density at radius 2 is 2.29 bits per heavy atom. The van der Waals surface area contributed by atoms with Crippen molar-refractivity contribution in [2.24, 2.45) is 0 Å². The van der Waals surface area contributed by atoms with Crippen LogP contribution in [-0.2, 0) is 12.0 Å². The predicted molar refractivity (Wildman–Crippen MR) is 87.4 cm³/mol. The number of aliphatic hydroxyl groups is 1. The van der Waals surface area contributed by atoms with Gasteiger partial charge in [0.1, 0.15) is 17.0 Å². The van der Waals surface area contributed by atoms with Crippen LogP contribution in [0.15, 0.2) is 12.5 Å². The number of aromatic amines is 1. The average Bonchev–Trinajstić information content (AvgIpc) is 3.23. The number of aromatic nitrogens is 5. The summed E-state index contributed by atoms with van der Waals surface area (Å²) in [6.45, 7) is 6.79. The summed E-state index contributed by atoms with van der Waals surface area (Å²) in [6, 6.07) is 0.173. The van der Waals surface area contributed by atoms with Gasteiger partial charge in [-0.25, -0.2) is 9.67 Å². The van der Waals surface area contributed by atoms with Crippen LogP contribution in [0, 0.1) is 0 Å². The quantitative estimate of drug-likeness (QED) is 0.878. The van der Waals surface area contributed by atoms with Crippen molar-refractivity contribution in [2.45, 2.75) is 51.7 Å². The van der Waals surface area contributed by atoms with Gasteiger partial charge in [0.05, 0.1) is 19.1 Å². The molecular formula is C16H24N6O2. The molecule has 1 aliphatic rings. The Balaban J connectivity index is 1.81. The molecular weight excluding hydrogens is 308 g/mol. The Hall–Kier alpha value is -2.22. The molecule has 2 aromatic heterocycles. The second-order valence-corrected chi connectivity index (χ2v) is 6.62. The van der Waals surface area contributed by atoms with Crippen molar-refractivity contribution >= 4 is 5.91 Å². The molecule has 0 bridgehead atoms. The maximum atomic E-state index is 12.8. The first kappa shape index (κ1) is 16.6. The molecule has 0 aromatic carbocycles. The van der Waals surface area contributed by atoms with Crippen LogP contribution in [0.25, 0.3) is 0 Å². The largest absolute Gasteiger partial charge is 0.382 e. The summed E-state index contributed by atoms with van der Waals surface area (Å²) >= 11 is 0. The van der Waals surface area contributed by atoms with Gasteiger partial charge in [-0.2, -0.15) is 0 Å². The van der Waals surface area contributed by atoms with Crippen molar-refractivity contribution in [1.82, 2.24) is 29.9 Å². The number of H-pyrrole nitrogens is 1. The smallest absolute Gasteiger partial charge is 0.274 e. The number of hydrogen-bond donors (Lipinski definition) is 2. The minimum Gasteiger partial charge on any atom is -0.382 e. The predicted octanol–water partition coefficient (Wildman–Crippen LogP) is 1.27. The number of aryl methyl sites for hydroxylation is 1. The van der Waals surface area contributed by atoms with Crippen LogP contribution in [0.1, 0.15) is 61.5 Å². The van der Waals surface area contributed by atoms with E-state index in [1.165, 1.54) is 6.33 Å². The van der Waals surface area contributed by atoms with Crippen molar-refractivity contribution in [3.63, 3.8) is 0 Å². The first-order chi connectivity index (χ1) is 11.4. The van der Waals surface area contributed by atoms with Gasteiger partial charge < -0.3 is 15.0 Å². The van der Waals surface area contributed by atoms with Crippen LogP contribution in [-0.4, -0.2) is 54.0 Å². The summed E-state index contributed by atoms with van der Waals surface area (Å²) in [7, 11) is 0. The SMILES string of the molecule is CCc1[nH]cnc1C(=O)N1CCCC(O)(c2cn(C(C)C)nn2)C1. The highest BCUT2D eigenvalue weighted by Crippen LogP contribution is 2.31. The molecule has 1 fully saturated rings. The van der Waals surface area contributed by atoms with Gasteiger partial charge >= 0.3 is 0 Å². The Morgan fingerprint density at radius 1 is 1.50 bits per heavy atom. The molecule has 1 atom stereocenters. The Bertz CT molecular complexity index is 722. The first-order valence-electron chi connectivity index (χ1n) is 8.41. The van der Waals surface area contributed by atoms with Crippen molar-refractivity contribution in [2.75, 3.05) is 13.1 Å². The van der Waals surface area contributed by atoms with E-state index in [9.17, 15) is 9.90 Å². The van der Waals surface area contributed by atoms with Gasteiger partial charge in [0.2, 0.25) is 0 Å². The Morgan fingerprint density at radius 3 is 2.96 bits per heavy atom. The molecule has 0 aliphatic carbocycles. The number of rotatable bonds is 4. The summed E-state index contributed by atoms with van der Waals surface area (Å²) < 4.78 is 1.72. The number of imidazole rings is 1. The van der Waals surface area contributed by atoms with E-state index in [4.69, 9.17) is 0 Å². The summed E-state index contributed by atoms with van der Waals surface area (Å²) in [5, 5.41) is 19.2. The number of amides is 1. The van der Waals surface area contributed by atoms with Crippen LogP contribution in [0.2, 0.25) is 0 Å². The van der Waals surface area contributed by atoms with Gasteiger partial charge in [0, 0.05) is 18.3 Å². The summed E-state index contributed by atoms with van der Waals surface area (Å²) in [4.78, 5) is 21.6. The zero-order valence-electron chi connectivity index (χ0n) is 14.4. The Labute approximate surface area is 140 Å². The zero-order chi connectivity index (χ0) is 17.3. The van der Waals surface area contributed by atoms with Crippen molar-refractivity contribution in [3.05, 3.63) is 29.6 Å². The third-order valence-corrected chi connectivity index (χ3v) is 4.55. The van der Waals surface area contributed by atoms with Gasteiger partial charge in [0.25, 0.3) is 5.91 Å². The molecule has 2 N–H and O–H groups in total.